The number of carbonyl (C=O) groups is 1. The number of carbonyl (C=O) groups excluding carboxylic acids is 1. The van der Waals surface area contributed by atoms with Crippen molar-refractivity contribution in [3.8, 4) is 0 Å². The lowest BCUT2D eigenvalue weighted by molar-refractivity contribution is -0.138. The van der Waals surface area contributed by atoms with Gasteiger partial charge in [0.15, 0.2) is 4.80 Å². The van der Waals surface area contributed by atoms with Crippen LogP contribution >= 0.6 is 22.7 Å². The van der Waals surface area contributed by atoms with E-state index in [1.165, 1.54) is 22.7 Å². The topological polar surface area (TPSA) is 74.8 Å². The van der Waals surface area contributed by atoms with E-state index < -0.39 is 12.0 Å². The van der Waals surface area contributed by atoms with E-state index in [4.69, 9.17) is 14.5 Å². The highest BCUT2D eigenvalue weighted by Gasteiger charge is 2.35. The fourth-order valence-corrected chi connectivity index (χ4v) is 6.61. The molecular weight excluding hydrogens is 518 g/mol. The second-order valence-electron chi connectivity index (χ2n) is 8.92. The summed E-state index contributed by atoms with van der Waals surface area (Å²) in [4.78, 5) is 33.7. The number of aryl methyl sites for hydroxylation is 1. The first-order valence-electron chi connectivity index (χ1n) is 12.4. The van der Waals surface area contributed by atoms with Crippen molar-refractivity contribution in [1.29, 1.82) is 0 Å². The van der Waals surface area contributed by atoms with Crippen LogP contribution in [0.25, 0.3) is 11.8 Å². The Balaban J connectivity index is 1.75. The SMILES string of the molecule is CCOC(=O)C1=C(c2ccccc2)N=c2sc(=Cc3cc(C)n(CCOC)c3C)c(=O)n2C1c1cccs1. The van der Waals surface area contributed by atoms with Crippen LogP contribution < -0.4 is 14.9 Å². The third kappa shape index (κ3) is 4.73. The molecule has 3 aromatic heterocycles. The van der Waals surface area contributed by atoms with Gasteiger partial charge < -0.3 is 14.0 Å². The van der Waals surface area contributed by atoms with E-state index in [1.54, 1.807) is 18.6 Å². The first kappa shape index (κ1) is 26.1. The molecule has 0 amide bonds. The van der Waals surface area contributed by atoms with E-state index in [2.05, 4.69) is 17.6 Å². The predicted octanol–water partition coefficient (Wildman–Crippen LogP) is 4.06. The summed E-state index contributed by atoms with van der Waals surface area (Å²) in [5.74, 6) is -0.468. The normalized spacial score (nSPS) is 15.5. The molecule has 9 heteroatoms. The Labute approximate surface area is 228 Å². The number of ether oxygens (including phenoxy) is 2. The van der Waals surface area contributed by atoms with Gasteiger partial charge in [0.2, 0.25) is 0 Å². The van der Waals surface area contributed by atoms with E-state index in [0.29, 0.717) is 27.2 Å². The number of nitrogens with zero attached hydrogens (tertiary/aromatic N) is 3. The minimum atomic E-state index is -0.628. The minimum Gasteiger partial charge on any atom is -0.463 e. The number of aromatic nitrogens is 2. The number of fused-ring (bicyclic) bond motifs is 1. The number of rotatable bonds is 8. The van der Waals surface area contributed by atoms with Crippen LogP contribution in [0.15, 0.2) is 69.3 Å². The summed E-state index contributed by atoms with van der Waals surface area (Å²) in [6.07, 6.45) is 1.93. The quantitative estimate of drug-likeness (QED) is 0.312. The Morgan fingerprint density at radius 2 is 1.95 bits per heavy atom. The second kappa shape index (κ2) is 11.1. The second-order valence-corrected chi connectivity index (χ2v) is 10.9. The molecule has 5 rings (SSSR count). The first-order chi connectivity index (χ1) is 18.4. The third-order valence-electron chi connectivity index (χ3n) is 6.60. The number of hydrogen-bond acceptors (Lipinski definition) is 7. The van der Waals surface area contributed by atoms with E-state index in [1.807, 2.05) is 60.8 Å². The first-order valence-corrected chi connectivity index (χ1v) is 14.1. The highest BCUT2D eigenvalue weighted by atomic mass is 32.1. The molecule has 0 spiro atoms. The fourth-order valence-electron chi connectivity index (χ4n) is 4.80. The van der Waals surface area contributed by atoms with Gasteiger partial charge in [-0.15, -0.1) is 11.3 Å². The molecule has 1 aromatic carbocycles. The van der Waals surface area contributed by atoms with Crippen LogP contribution in [-0.2, 0) is 20.8 Å². The maximum absolute atomic E-state index is 14.0. The molecule has 7 nitrogen and oxygen atoms in total. The predicted molar refractivity (Wildman–Crippen MR) is 151 cm³/mol. The van der Waals surface area contributed by atoms with Gasteiger partial charge in [-0.2, -0.15) is 0 Å². The maximum Gasteiger partial charge on any atom is 0.338 e. The molecular formula is C29H29N3O4S2. The Hall–Kier alpha value is -3.53. The number of esters is 1. The van der Waals surface area contributed by atoms with Crippen LogP contribution in [0.5, 0.6) is 0 Å². The van der Waals surface area contributed by atoms with Gasteiger partial charge in [0.25, 0.3) is 5.56 Å². The van der Waals surface area contributed by atoms with Gasteiger partial charge in [-0.3, -0.25) is 9.36 Å². The summed E-state index contributed by atoms with van der Waals surface area (Å²) < 4.78 is 15.2. The third-order valence-corrected chi connectivity index (χ3v) is 8.51. The zero-order valence-electron chi connectivity index (χ0n) is 21.8. The van der Waals surface area contributed by atoms with Gasteiger partial charge in [0.1, 0.15) is 6.04 Å². The molecule has 1 aliphatic heterocycles. The molecule has 0 aliphatic carbocycles. The van der Waals surface area contributed by atoms with Crippen molar-refractivity contribution in [2.24, 2.45) is 4.99 Å². The Morgan fingerprint density at radius 1 is 1.16 bits per heavy atom. The van der Waals surface area contributed by atoms with E-state index in [-0.39, 0.29) is 12.2 Å². The van der Waals surface area contributed by atoms with Crippen molar-refractivity contribution in [3.05, 3.63) is 107 Å². The summed E-state index contributed by atoms with van der Waals surface area (Å²) in [7, 11) is 1.69. The van der Waals surface area contributed by atoms with Crippen molar-refractivity contribution < 1.29 is 14.3 Å². The Bertz CT molecular complexity index is 1680. The number of thiophene rings is 1. The van der Waals surface area contributed by atoms with E-state index >= 15 is 0 Å². The van der Waals surface area contributed by atoms with Crippen LogP contribution in [-0.4, -0.2) is 35.4 Å². The average Bonchev–Trinajstić information content (AvgIpc) is 3.62. The summed E-state index contributed by atoms with van der Waals surface area (Å²) in [5.41, 5.74) is 4.68. The minimum absolute atomic E-state index is 0.178. The summed E-state index contributed by atoms with van der Waals surface area (Å²) in [6.45, 7) is 7.45. The molecule has 0 saturated heterocycles. The largest absolute Gasteiger partial charge is 0.463 e. The van der Waals surface area contributed by atoms with Crippen molar-refractivity contribution in [2.75, 3.05) is 20.3 Å². The van der Waals surface area contributed by atoms with Gasteiger partial charge in [-0.25, -0.2) is 9.79 Å². The Kier molecular flexibility index (Phi) is 7.60. The number of thiazole rings is 1. The standard InChI is InChI=1S/C29H29N3O4S2/c1-5-36-28(34)24-25(20-10-7-6-8-11-20)30-29-32(26(24)22-12-9-15-37-22)27(33)23(38-29)17-21-16-18(2)31(19(21)3)13-14-35-4/h6-12,15-17,26H,5,13-14H2,1-4H3. The summed E-state index contributed by atoms with van der Waals surface area (Å²) in [5, 5.41) is 1.95. The maximum atomic E-state index is 14.0. The van der Waals surface area contributed by atoms with Gasteiger partial charge in [0.05, 0.1) is 29.0 Å². The van der Waals surface area contributed by atoms with Gasteiger partial charge in [-0.1, -0.05) is 47.7 Å². The van der Waals surface area contributed by atoms with Crippen molar-refractivity contribution in [3.63, 3.8) is 0 Å². The summed E-state index contributed by atoms with van der Waals surface area (Å²) in [6, 6.07) is 14.9. The molecule has 0 fully saturated rings. The highest BCUT2D eigenvalue weighted by Crippen LogP contribution is 2.36. The zero-order valence-corrected chi connectivity index (χ0v) is 23.4. The smallest absolute Gasteiger partial charge is 0.338 e. The Morgan fingerprint density at radius 3 is 2.63 bits per heavy atom. The lowest BCUT2D eigenvalue weighted by Gasteiger charge is -2.24. The molecule has 0 bridgehead atoms. The number of methoxy groups -OCH3 is 1. The molecule has 0 N–H and O–H groups in total. The molecule has 4 heterocycles. The molecule has 4 aromatic rings. The molecule has 1 unspecified atom stereocenters. The highest BCUT2D eigenvalue weighted by molar-refractivity contribution is 7.10. The van der Waals surface area contributed by atoms with Crippen LogP contribution in [0.4, 0.5) is 0 Å². The molecule has 1 atom stereocenters. The molecule has 196 valence electrons. The lowest BCUT2D eigenvalue weighted by Crippen LogP contribution is -2.39. The fraction of sp³-hybridized carbons (Fsp3) is 0.276. The average molecular weight is 548 g/mol. The monoisotopic (exact) mass is 547 g/mol. The van der Waals surface area contributed by atoms with Gasteiger partial charge in [0, 0.05) is 35.5 Å². The lowest BCUT2D eigenvalue weighted by atomic mass is 9.97. The van der Waals surface area contributed by atoms with Crippen LogP contribution in [0.3, 0.4) is 0 Å². The van der Waals surface area contributed by atoms with Crippen molar-refractivity contribution in [2.45, 2.75) is 33.4 Å². The van der Waals surface area contributed by atoms with Crippen molar-refractivity contribution >= 4 is 40.4 Å². The van der Waals surface area contributed by atoms with Crippen LogP contribution in [0.2, 0.25) is 0 Å². The van der Waals surface area contributed by atoms with Crippen LogP contribution in [0, 0.1) is 13.8 Å². The van der Waals surface area contributed by atoms with E-state index in [0.717, 1.165) is 33.9 Å². The zero-order chi connectivity index (χ0) is 26.8. The summed E-state index contributed by atoms with van der Waals surface area (Å²) >= 11 is 2.84. The van der Waals surface area contributed by atoms with Crippen molar-refractivity contribution in [1.82, 2.24) is 9.13 Å². The van der Waals surface area contributed by atoms with Crippen LogP contribution in [0.1, 0.15) is 40.4 Å². The molecule has 0 saturated carbocycles. The van der Waals surface area contributed by atoms with Gasteiger partial charge in [-0.05, 0) is 49.9 Å². The molecule has 0 radical (unpaired) electrons. The molecule has 1 aliphatic rings. The number of hydrogen-bond donors (Lipinski definition) is 0. The molecule has 38 heavy (non-hydrogen) atoms. The number of benzene rings is 1. The van der Waals surface area contributed by atoms with Gasteiger partial charge >= 0.3 is 5.97 Å². The van der Waals surface area contributed by atoms with E-state index in [9.17, 15) is 9.59 Å².